The third-order valence-corrected chi connectivity index (χ3v) is 3.96. The molecule has 0 bridgehead atoms. The molecule has 0 radical (unpaired) electrons. The predicted molar refractivity (Wildman–Crippen MR) is 89.0 cm³/mol. The molecule has 1 atom stereocenters. The highest BCUT2D eigenvalue weighted by Gasteiger charge is 2.10. The first kappa shape index (κ1) is 15.8. The largest absolute Gasteiger partial charge is 0.370 e. The molecule has 0 aliphatic heterocycles. The third kappa shape index (κ3) is 4.43. The van der Waals surface area contributed by atoms with Gasteiger partial charge in [-0.25, -0.2) is 9.97 Å². The summed E-state index contributed by atoms with van der Waals surface area (Å²) in [5.41, 5.74) is 2.39. The Labute approximate surface area is 131 Å². The van der Waals surface area contributed by atoms with Crippen LogP contribution in [0.25, 0.3) is 0 Å². The topological polar surface area (TPSA) is 37.8 Å². The number of rotatable bonds is 7. The van der Waals surface area contributed by atoms with Gasteiger partial charge in [0, 0.05) is 12.1 Å². The summed E-state index contributed by atoms with van der Waals surface area (Å²) in [6.07, 6.45) is 4.50. The highest BCUT2D eigenvalue weighted by Crippen LogP contribution is 2.23. The van der Waals surface area contributed by atoms with Gasteiger partial charge in [-0.3, -0.25) is 0 Å². The zero-order valence-corrected chi connectivity index (χ0v) is 13.4. The van der Waals surface area contributed by atoms with Gasteiger partial charge in [-0.1, -0.05) is 62.2 Å². The normalized spacial score (nSPS) is 12.1. The molecular formula is C17H22ClN3. The highest BCUT2D eigenvalue weighted by atomic mass is 35.5. The molecule has 1 N–H and O–H groups in total. The molecule has 4 heteroatoms. The Balaban J connectivity index is 1.93. The van der Waals surface area contributed by atoms with Gasteiger partial charge in [-0.15, -0.1) is 0 Å². The SMILES string of the molecule is CCCc1c(Cl)ncnc1NCCC(C)c1ccccc1. The van der Waals surface area contributed by atoms with E-state index in [0.29, 0.717) is 11.1 Å². The van der Waals surface area contributed by atoms with Crippen LogP contribution in [0.15, 0.2) is 36.7 Å². The summed E-state index contributed by atoms with van der Waals surface area (Å²) < 4.78 is 0. The predicted octanol–water partition coefficient (Wildman–Crippen LogP) is 4.69. The maximum atomic E-state index is 6.15. The maximum absolute atomic E-state index is 6.15. The van der Waals surface area contributed by atoms with Gasteiger partial charge in [0.15, 0.2) is 0 Å². The number of aromatic nitrogens is 2. The van der Waals surface area contributed by atoms with E-state index in [4.69, 9.17) is 11.6 Å². The zero-order chi connectivity index (χ0) is 15.1. The monoisotopic (exact) mass is 303 g/mol. The number of anilines is 1. The van der Waals surface area contributed by atoms with Crippen molar-refractivity contribution >= 4 is 17.4 Å². The van der Waals surface area contributed by atoms with E-state index < -0.39 is 0 Å². The quantitative estimate of drug-likeness (QED) is 0.754. The fourth-order valence-electron chi connectivity index (χ4n) is 2.37. The summed E-state index contributed by atoms with van der Waals surface area (Å²) in [5.74, 6) is 1.39. The molecule has 112 valence electrons. The smallest absolute Gasteiger partial charge is 0.137 e. The number of halogens is 1. The highest BCUT2D eigenvalue weighted by molar-refractivity contribution is 6.30. The molecule has 0 aliphatic rings. The molecule has 0 fully saturated rings. The Morgan fingerprint density at radius 2 is 1.95 bits per heavy atom. The van der Waals surface area contributed by atoms with Gasteiger partial charge in [-0.05, 0) is 24.3 Å². The van der Waals surface area contributed by atoms with Crippen LogP contribution in [0.3, 0.4) is 0 Å². The van der Waals surface area contributed by atoms with Crippen LogP contribution >= 0.6 is 11.6 Å². The number of nitrogens with zero attached hydrogens (tertiary/aromatic N) is 2. The van der Waals surface area contributed by atoms with Crippen LogP contribution in [-0.4, -0.2) is 16.5 Å². The van der Waals surface area contributed by atoms with E-state index in [1.54, 1.807) is 0 Å². The van der Waals surface area contributed by atoms with Crippen LogP contribution < -0.4 is 5.32 Å². The molecule has 0 spiro atoms. The average molecular weight is 304 g/mol. The zero-order valence-electron chi connectivity index (χ0n) is 12.6. The average Bonchev–Trinajstić information content (AvgIpc) is 2.51. The van der Waals surface area contributed by atoms with Gasteiger partial charge in [0.25, 0.3) is 0 Å². The van der Waals surface area contributed by atoms with Crippen molar-refractivity contribution in [2.45, 2.75) is 39.0 Å². The molecule has 1 unspecified atom stereocenters. The van der Waals surface area contributed by atoms with Crippen molar-refractivity contribution in [1.82, 2.24) is 9.97 Å². The Bertz CT molecular complexity index is 557. The summed E-state index contributed by atoms with van der Waals surface area (Å²) in [7, 11) is 0. The summed E-state index contributed by atoms with van der Waals surface area (Å²) in [4.78, 5) is 8.38. The molecule has 0 saturated carbocycles. The second-order valence-electron chi connectivity index (χ2n) is 5.27. The van der Waals surface area contributed by atoms with Crippen molar-refractivity contribution < 1.29 is 0 Å². The van der Waals surface area contributed by atoms with Gasteiger partial charge < -0.3 is 5.32 Å². The minimum Gasteiger partial charge on any atom is -0.370 e. The van der Waals surface area contributed by atoms with Crippen LogP contribution in [0, 0.1) is 0 Å². The lowest BCUT2D eigenvalue weighted by molar-refractivity contribution is 0.703. The molecule has 1 heterocycles. The first-order chi connectivity index (χ1) is 10.2. The van der Waals surface area contributed by atoms with Crippen LogP contribution in [0.5, 0.6) is 0 Å². The fourth-order valence-corrected chi connectivity index (χ4v) is 2.60. The molecule has 21 heavy (non-hydrogen) atoms. The van der Waals surface area contributed by atoms with Crippen molar-refractivity contribution in [2.75, 3.05) is 11.9 Å². The fraction of sp³-hybridized carbons (Fsp3) is 0.412. The van der Waals surface area contributed by atoms with Crippen molar-refractivity contribution in [3.05, 3.63) is 52.9 Å². The summed E-state index contributed by atoms with van der Waals surface area (Å²) >= 11 is 6.15. The first-order valence-electron chi connectivity index (χ1n) is 7.50. The number of nitrogens with one attached hydrogen (secondary N) is 1. The van der Waals surface area contributed by atoms with Crippen LogP contribution in [-0.2, 0) is 6.42 Å². The van der Waals surface area contributed by atoms with Crippen LogP contribution in [0.4, 0.5) is 5.82 Å². The lowest BCUT2D eigenvalue weighted by atomic mass is 9.98. The Kier molecular flexibility index (Phi) is 6.00. The van der Waals surface area contributed by atoms with Crippen molar-refractivity contribution in [3.63, 3.8) is 0 Å². The van der Waals surface area contributed by atoms with Crippen LogP contribution in [0.2, 0.25) is 5.15 Å². The van der Waals surface area contributed by atoms with Gasteiger partial charge in [-0.2, -0.15) is 0 Å². The van der Waals surface area contributed by atoms with E-state index in [-0.39, 0.29) is 0 Å². The van der Waals surface area contributed by atoms with Crippen molar-refractivity contribution in [2.24, 2.45) is 0 Å². The van der Waals surface area contributed by atoms with Crippen molar-refractivity contribution in [1.29, 1.82) is 0 Å². The van der Waals surface area contributed by atoms with E-state index in [2.05, 4.69) is 53.4 Å². The molecule has 2 aromatic rings. The van der Waals surface area contributed by atoms with E-state index >= 15 is 0 Å². The van der Waals surface area contributed by atoms with E-state index in [1.807, 2.05) is 6.07 Å². The standard InChI is InChI=1S/C17H22ClN3/c1-3-7-15-16(18)20-12-21-17(15)19-11-10-13(2)14-8-5-4-6-9-14/h4-6,8-9,12-13H,3,7,10-11H2,1-2H3,(H,19,20,21). The lowest BCUT2D eigenvalue weighted by Crippen LogP contribution is -2.10. The van der Waals surface area contributed by atoms with Crippen LogP contribution in [0.1, 0.15) is 43.7 Å². The van der Waals surface area contributed by atoms with Gasteiger partial charge >= 0.3 is 0 Å². The summed E-state index contributed by atoms with van der Waals surface area (Å²) in [6.45, 7) is 5.25. The molecule has 2 rings (SSSR count). The molecular weight excluding hydrogens is 282 g/mol. The molecule has 1 aromatic heterocycles. The molecule has 0 amide bonds. The minimum atomic E-state index is 0.519. The minimum absolute atomic E-state index is 0.519. The first-order valence-corrected chi connectivity index (χ1v) is 7.88. The maximum Gasteiger partial charge on any atom is 0.137 e. The van der Waals surface area contributed by atoms with Gasteiger partial charge in [0.2, 0.25) is 0 Å². The van der Waals surface area contributed by atoms with Gasteiger partial charge in [0.1, 0.15) is 17.3 Å². The Hall–Kier alpha value is -1.61. The number of hydrogen-bond acceptors (Lipinski definition) is 3. The summed E-state index contributed by atoms with van der Waals surface area (Å²) in [5, 5.41) is 3.96. The Morgan fingerprint density at radius 3 is 2.67 bits per heavy atom. The second-order valence-corrected chi connectivity index (χ2v) is 5.63. The number of hydrogen-bond donors (Lipinski definition) is 1. The second kappa shape index (κ2) is 7.99. The third-order valence-electron chi connectivity index (χ3n) is 3.63. The van der Waals surface area contributed by atoms with E-state index in [0.717, 1.165) is 37.2 Å². The molecule has 3 nitrogen and oxygen atoms in total. The Morgan fingerprint density at radius 1 is 1.19 bits per heavy atom. The van der Waals surface area contributed by atoms with E-state index in [1.165, 1.54) is 11.9 Å². The molecule has 0 aliphatic carbocycles. The summed E-state index contributed by atoms with van der Waals surface area (Å²) in [6, 6.07) is 10.6. The van der Waals surface area contributed by atoms with Crippen molar-refractivity contribution in [3.8, 4) is 0 Å². The molecule has 0 saturated heterocycles. The van der Waals surface area contributed by atoms with Gasteiger partial charge in [0.05, 0.1) is 0 Å². The lowest BCUT2D eigenvalue weighted by Gasteiger charge is -2.14. The number of benzene rings is 1. The molecule has 1 aromatic carbocycles. The van der Waals surface area contributed by atoms with E-state index in [9.17, 15) is 0 Å².